The summed E-state index contributed by atoms with van der Waals surface area (Å²) in [6.07, 6.45) is 34.3. The van der Waals surface area contributed by atoms with Crippen LogP contribution in [0.25, 0.3) is 0 Å². The Labute approximate surface area is 212 Å². The lowest BCUT2D eigenvalue weighted by Crippen LogP contribution is -2.45. The Morgan fingerprint density at radius 1 is 0.364 bits per heavy atom. The molecule has 0 atom stereocenters. The molecule has 0 spiro atoms. The fourth-order valence-electron chi connectivity index (χ4n) is 5.26. The highest BCUT2D eigenvalue weighted by molar-refractivity contribution is 4.81. The van der Waals surface area contributed by atoms with Crippen molar-refractivity contribution in [2.75, 3.05) is 13.1 Å². The van der Waals surface area contributed by atoms with Gasteiger partial charge in [-0.25, -0.2) is 0 Å². The van der Waals surface area contributed by atoms with Crippen molar-refractivity contribution in [3.63, 3.8) is 0 Å². The zero-order valence-electron chi connectivity index (χ0n) is 24.3. The maximum Gasteiger partial charge on any atom is 0.0153 e. The van der Waals surface area contributed by atoms with Crippen molar-refractivity contribution in [2.24, 2.45) is 0 Å². The summed E-state index contributed by atoms with van der Waals surface area (Å²) < 4.78 is 0. The standard InChI is InChI=1S/C32H67N/c1-6-9-12-15-18-19-20-21-22-23-26-29-32(4,5)33(30-27-24-16-13-10-7-2)31-28-25-17-14-11-8-3/h6-31H2,1-5H3. The normalized spacial score (nSPS) is 12.2. The van der Waals surface area contributed by atoms with Gasteiger partial charge in [-0.1, -0.05) is 156 Å². The van der Waals surface area contributed by atoms with Gasteiger partial charge in [0.15, 0.2) is 0 Å². The molecule has 0 rings (SSSR count). The summed E-state index contributed by atoms with van der Waals surface area (Å²) in [7, 11) is 0. The van der Waals surface area contributed by atoms with Gasteiger partial charge in [-0.15, -0.1) is 0 Å². The smallest absolute Gasteiger partial charge is 0.0153 e. The first-order valence-corrected chi connectivity index (χ1v) is 15.8. The van der Waals surface area contributed by atoms with E-state index in [2.05, 4.69) is 39.5 Å². The van der Waals surface area contributed by atoms with Gasteiger partial charge in [0.05, 0.1) is 0 Å². The van der Waals surface area contributed by atoms with E-state index in [0.29, 0.717) is 5.54 Å². The van der Waals surface area contributed by atoms with Crippen LogP contribution in [0.3, 0.4) is 0 Å². The Bertz CT molecular complexity index is 346. The van der Waals surface area contributed by atoms with Crippen LogP contribution in [0.4, 0.5) is 0 Å². The van der Waals surface area contributed by atoms with Crippen LogP contribution < -0.4 is 0 Å². The van der Waals surface area contributed by atoms with Crippen molar-refractivity contribution in [2.45, 2.75) is 194 Å². The molecule has 0 radical (unpaired) electrons. The molecule has 0 heterocycles. The SMILES string of the molecule is CCCCCCCCCCCCCC(C)(C)N(CCCCCCCC)CCCCCCCC. The fourth-order valence-corrected chi connectivity index (χ4v) is 5.26. The Hall–Kier alpha value is -0.0400. The molecule has 0 fully saturated rings. The molecular weight excluding hydrogens is 398 g/mol. The summed E-state index contributed by atoms with van der Waals surface area (Å²) in [6, 6.07) is 0. The van der Waals surface area contributed by atoms with Gasteiger partial charge in [-0.05, 0) is 46.2 Å². The molecule has 1 nitrogen and oxygen atoms in total. The van der Waals surface area contributed by atoms with Gasteiger partial charge in [0.1, 0.15) is 0 Å². The quantitative estimate of drug-likeness (QED) is 0.109. The van der Waals surface area contributed by atoms with Gasteiger partial charge in [0.25, 0.3) is 0 Å². The molecule has 0 N–H and O–H groups in total. The summed E-state index contributed by atoms with van der Waals surface area (Å²) in [6.45, 7) is 14.7. The first kappa shape index (κ1) is 33.0. The van der Waals surface area contributed by atoms with Crippen molar-refractivity contribution in [3.05, 3.63) is 0 Å². The van der Waals surface area contributed by atoms with Crippen molar-refractivity contribution >= 4 is 0 Å². The van der Waals surface area contributed by atoms with Crippen LogP contribution in [-0.4, -0.2) is 23.5 Å². The third-order valence-corrected chi connectivity index (χ3v) is 7.81. The minimum Gasteiger partial charge on any atom is -0.298 e. The minimum absolute atomic E-state index is 0.381. The molecule has 0 aromatic carbocycles. The molecular formula is C32H67N. The van der Waals surface area contributed by atoms with E-state index in [1.165, 1.54) is 167 Å². The third kappa shape index (κ3) is 22.2. The third-order valence-electron chi connectivity index (χ3n) is 7.81. The van der Waals surface area contributed by atoms with E-state index in [-0.39, 0.29) is 0 Å². The van der Waals surface area contributed by atoms with Gasteiger partial charge in [-0.2, -0.15) is 0 Å². The summed E-state index contributed by atoms with van der Waals surface area (Å²) in [5.74, 6) is 0. The Kier molecular flexibility index (Phi) is 25.0. The molecule has 1 heteroatoms. The molecule has 0 aromatic rings. The zero-order chi connectivity index (χ0) is 24.5. The average Bonchev–Trinajstić information content (AvgIpc) is 2.80. The first-order chi connectivity index (χ1) is 16.1. The molecule has 0 aliphatic heterocycles. The largest absolute Gasteiger partial charge is 0.298 e. The van der Waals surface area contributed by atoms with E-state index in [0.717, 1.165) is 0 Å². The molecule has 200 valence electrons. The van der Waals surface area contributed by atoms with Crippen LogP contribution >= 0.6 is 0 Å². The van der Waals surface area contributed by atoms with E-state index in [1.807, 2.05) is 0 Å². The second kappa shape index (κ2) is 25.1. The molecule has 0 aliphatic rings. The van der Waals surface area contributed by atoms with E-state index in [1.54, 1.807) is 0 Å². The van der Waals surface area contributed by atoms with E-state index < -0.39 is 0 Å². The highest BCUT2D eigenvalue weighted by Crippen LogP contribution is 2.25. The van der Waals surface area contributed by atoms with Gasteiger partial charge >= 0.3 is 0 Å². The fraction of sp³-hybridized carbons (Fsp3) is 1.00. The lowest BCUT2D eigenvalue weighted by Gasteiger charge is -2.39. The van der Waals surface area contributed by atoms with Crippen molar-refractivity contribution in [1.82, 2.24) is 4.90 Å². The van der Waals surface area contributed by atoms with Crippen LogP contribution in [-0.2, 0) is 0 Å². The van der Waals surface area contributed by atoms with E-state index in [9.17, 15) is 0 Å². The Balaban J connectivity index is 4.11. The van der Waals surface area contributed by atoms with Crippen LogP contribution in [0.2, 0.25) is 0 Å². The molecule has 0 bridgehead atoms. The summed E-state index contributed by atoms with van der Waals surface area (Å²) in [5, 5.41) is 0. The van der Waals surface area contributed by atoms with Crippen LogP contribution in [0.5, 0.6) is 0 Å². The van der Waals surface area contributed by atoms with Crippen LogP contribution in [0, 0.1) is 0 Å². The number of unbranched alkanes of at least 4 members (excludes halogenated alkanes) is 20. The van der Waals surface area contributed by atoms with Crippen molar-refractivity contribution in [3.8, 4) is 0 Å². The lowest BCUT2D eigenvalue weighted by molar-refractivity contribution is 0.102. The molecule has 0 aliphatic carbocycles. The van der Waals surface area contributed by atoms with Crippen molar-refractivity contribution in [1.29, 1.82) is 0 Å². The van der Waals surface area contributed by atoms with E-state index in [4.69, 9.17) is 0 Å². The first-order valence-electron chi connectivity index (χ1n) is 15.8. The maximum atomic E-state index is 2.88. The number of nitrogens with zero attached hydrogens (tertiary/aromatic N) is 1. The molecule has 0 unspecified atom stereocenters. The molecule has 0 saturated heterocycles. The summed E-state index contributed by atoms with van der Waals surface area (Å²) in [5.41, 5.74) is 0.381. The predicted molar refractivity (Wildman–Crippen MR) is 153 cm³/mol. The van der Waals surface area contributed by atoms with Gasteiger partial charge in [-0.3, -0.25) is 4.90 Å². The minimum atomic E-state index is 0.381. The van der Waals surface area contributed by atoms with Gasteiger partial charge in [0.2, 0.25) is 0 Å². The topological polar surface area (TPSA) is 3.24 Å². The monoisotopic (exact) mass is 466 g/mol. The van der Waals surface area contributed by atoms with Gasteiger partial charge < -0.3 is 0 Å². The molecule has 0 amide bonds. The summed E-state index contributed by atoms with van der Waals surface area (Å²) >= 11 is 0. The summed E-state index contributed by atoms with van der Waals surface area (Å²) in [4.78, 5) is 2.88. The Morgan fingerprint density at radius 2 is 0.636 bits per heavy atom. The molecule has 33 heavy (non-hydrogen) atoms. The number of rotatable bonds is 27. The van der Waals surface area contributed by atoms with E-state index >= 15 is 0 Å². The molecule has 0 saturated carbocycles. The van der Waals surface area contributed by atoms with Gasteiger partial charge in [0, 0.05) is 5.54 Å². The number of hydrogen-bond donors (Lipinski definition) is 0. The lowest BCUT2D eigenvalue weighted by atomic mass is 9.92. The maximum absolute atomic E-state index is 2.88. The average molecular weight is 466 g/mol. The highest BCUT2D eigenvalue weighted by Gasteiger charge is 2.25. The second-order valence-electron chi connectivity index (χ2n) is 11.6. The number of hydrogen-bond acceptors (Lipinski definition) is 1. The molecule has 0 aromatic heterocycles. The Morgan fingerprint density at radius 3 is 0.970 bits per heavy atom. The van der Waals surface area contributed by atoms with Crippen molar-refractivity contribution < 1.29 is 0 Å². The van der Waals surface area contributed by atoms with Crippen LogP contribution in [0.1, 0.15) is 189 Å². The van der Waals surface area contributed by atoms with Crippen LogP contribution in [0.15, 0.2) is 0 Å². The second-order valence-corrected chi connectivity index (χ2v) is 11.6. The predicted octanol–water partition coefficient (Wildman–Crippen LogP) is 11.5. The zero-order valence-corrected chi connectivity index (χ0v) is 24.3. The highest BCUT2D eigenvalue weighted by atomic mass is 15.2.